The first-order chi connectivity index (χ1) is 12.1. The summed E-state index contributed by atoms with van der Waals surface area (Å²) in [6.45, 7) is 9.64. The van der Waals surface area contributed by atoms with E-state index < -0.39 is 8.32 Å². The van der Waals surface area contributed by atoms with Crippen molar-refractivity contribution >= 4 is 14.1 Å². The Bertz CT molecular complexity index is 292. The molecule has 0 aliphatic heterocycles. The van der Waals surface area contributed by atoms with Crippen LogP contribution in [0.3, 0.4) is 0 Å². The second-order valence-corrected chi connectivity index (χ2v) is 12.6. The first-order valence-electron chi connectivity index (χ1n) is 11.2. The Kier molecular flexibility index (Phi) is 17.2. The Labute approximate surface area is 159 Å². The summed E-state index contributed by atoms with van der Waals surface area (Å²) in [5, 5.41) is 0. The Morgan fingerprint density at radius 1 is 0.640 bits per heavy atom. The Morgan fingerprint density at radius 2 is 1.00 bits per heavy atom. The lowest BCUT2D eigenvalue weighted by Gasteiger charge is -2.27. The highest BCUT2D eigenvalue weighted by atomic mass is 28.4. The summed E-state index contributed by atoms with van der Waals surface area (Å²) in [4.78, 5) is 10.8. The van der Waals surface area contributed by atoms with E-state index in [1.807, 2.05) is 0 Å². The van der Waals surface area contributed by atoms with E-state index >= 15 is 0 Å². The van der Waals surface area contributed by atoms with E-state index in [1.165, 1.54) is 88.8 Å². The molecule has 0 saturated heterocycles. The van der Waals surface area contributed by atoms with Gasteiger partial charge in [0, 0.05) is 13.0 Å². The second-order valence-electron chi connectivity index (χ2n) is 7.79. The second kappa shape index (κ2) is 17.3. The van der Waals surface area contributed by atoms with Crippen molar-refractivity contribution < 1.29 is 9.22 Å². The normalized spacial score (nSPS) is 11.8. The van der Waals surface area contributed by atoms with Gasteiger partial charge in [-0.3, -0.25) is 0 Å². The third-order valence-corrected chi connectivity index (χ3v) is 10.4. The molecule has 0 bridgehead atoms. The summed E-state index contributed by atoms with van der Waals surface area (Å²) in [6.07, 6.45) is 16.7. The molecule has 0 rings (SSSR count). The number of rotatable bonds is 19. The molecule has 0 aliphatic carbocycles. The maximum Gasteiger partial charge on any atom is 0.191 e. The van der Waals surface area contributed by atoms with Gasteiger partial charge in [-0.1, -0.05) is 85.0 Å². The van der Waals surface area contributed by atoms with Crippen LogP contribution in [0.5, 0.6) is 0 Å². The minimum absolute atomic E-state index is 0.342. The van der Waals surface area contributed by atoms with Gasteiger partial charge >= 0.3 is 0 Å². The van der Waals surface area contributed by atoms with Crippen LogP contribution in [-0.4, -0.2) is 20.7 Å². The van der Waals surface area contributed by atoms with Crippen molar-refractivity contribution in [3.63, 3.8) is 0 Å². The molecule has 150 valence electrons. The van der Waals surface area contributed by atoms with E-state index in [2.05, 4.69) is 20.8 Å². The Hall–Kier alpha value is -0.153. The fraction of sp³-hybridized carbons (Fsp3) is 0.955. The van der Waals surface area contributed by atoms with Crippen LogP contribution in [-0.2, 0) is 9.22 Å². The predicted molar refractivity (Wildman–Crippen MR) is 114 cm³/mol. The number of hydrogen-bond acceptors (Lipinski definition) is 2. The van der Waals surface area contributed by atoms with Gasteiger partial charge in [0.2, 0.25) is 0 Å². The molecule has 0 amide bonds. The highest BCUT2D eigenvalue weighted by Crippen LogP contribution is 2.22. The summed E-state index contributed by atoms with van der Waals surface area (Å²) in [7, 11) is -1.34. The first-order valence-corrected chi connectivity index (χ1v) is 13.8. The summed E-state index contributed by atoms with van der Waals surface area (Å²) >= 11 is 0. The summed E-state index contributed by atoms with van der Waals surface area (Å²) in [6, 6.07) is 3.82. The molecule has 0 unspecified atom stereocenters. The molecule has 0 aromatic heterocycles. The van der Waals surface area contributed by atoms with E-state index in [4.69, 9.17) is 4.43 Å². The summed E-state index contributed by atoms with van der Waals surface area (Å²) < 4.78 is 6.31. The van der Waals surface area contributed by atoms with Crippen molar-refractivity contribution in [1.29, 1.82) is 0 Å². The lowest BCUT2D eigenvalue weighted by molar-refractivity contribution is -0.117. The van der Waals surface area contributed by atoms with Crippen molar-refractivity contribution in [1.82, 2.24) is 0 Å². The molecule has 0 N–H and O–H groups in total. The molecule has 0 atom stereocenters. The summed E-state index contributed by atoms with van der Waals surface area (Å²) in [5.41, 5.74) is 0. The number of carbonyl (C=O) groups is 1. The van der Waals surface area contributed by atoms with Crippen molar-refractivity contribution in [2.45, 2.75) is 129 Å². The number of Topliss-reactive ketones (excluding diaryl/α,β-unsaturated/α-hetero) is 1. The number of hydrogen-bond donors (Lipinski definition) is 0. The van der Waals surface area contributed by atoms with Gasteiger partial charge in [0.15, 0.2) is 8.32 Å². The largest absolute Gasteiger partial charge is 0.417 e. The van der Waals surface area contributed by atoms with Gasteiger partial charge in [-0.2, -0.15) is 0 Å². The lowest BCUT2D eigenvalue weighted by atomic mass is 10.0. The van der Waals surface area contributed by atoms with Crippen molar-refractivity contribution in [2.24, 2.45) is 0 Å². The van der Waals surface area contributed by atoms with E-state index in [9.17, 15) is 4.79 Å². The zero-order chi connectivity index (χ0) is 18.8. The van der Waals surface area contributed by atoms with E-state index in [-0.39, 0.29) is 0 Å². The van der Waals surface area contributed by atoms with Crippen LogP contribution in [0.4, 0.5) is 0 Å². The Balaban J connectivity index is 3.25. The quantitative estimate of drug-likeness (QED) is 0.172. The smallest absolute Gasteiger partial charge is 0.191 e. The van der Waals surface area contributed by atoms with Crippen LogP contribution < -0.4 is 0 Å². The van der Waals surface area contributed by atoms with Crippen LogP contribution in [0.2, 0.25) is 18.1 Å². The average Bonchev–Trinajstić information content (AvgIpc) is 2.62. The van der Waals surface area contributed by atoms with Gasteiger partial charge in [-0.15, -0.1) is 0 Å². The van der Waals surface area contributed by atoms with Gasteiger partial charge in [-0.25, -0.2) is 0 Å². The maximum absolute atomic E-state index is 10.8. The third-order valence-electron chi connectivity index (χ3n) is 5.76. The molecule has 0 spiro atoms. The highest BCUT2D eigenvalue weighted by molar-refractivity contribution is 6.73. The molecule has 0 radical (unpaired) electrons. The van der Waals surface area contributed by atoms with Crippen molar-refractivity contribution in [3.05, 3.63) is 0 Å². The fourth-order valence-corrected chi connectivity index (χ4v) is 6.28. The molecule has 0 aromatic rings. The number of ketones is 1. The molecular weight excluding hydrogens is 324 g/mol. The minimum Gasteiger partial charge on any atom is -0.417 e. The van der Waals surface area contributed by atoms with Crippen LogP contribution in [0, 0.1) is 0 Å². The molecule has 25 heavy (non-hydrogen) atoms. The van der Waals surface area contributed by atoms with Crippen molar-refractivity contribution in [2.75, 3.05) is 6.61 Å². The van der Waals surface area contributed by atoms with Gasteiger partial charge < -0.3 is 9.22 Å². The summed E-state index contributed by atoms with van der Waals surface area (Å²) in [5.74, 6) is 0.342. The fourth-order valence-electron chi connectivity index (χ4n) is 3.59. The molecule has 0 heterocycles. The van der Waals surface area contributed by atoms with E-state index in [0.29, 0.717) is 5.78 Å². The van der Waals surface area contributed by atoms with Gasteiger partial charge in [0.25, 0.3) is 0 Å². The minimum atomic E-state index is -1.34. The predicted octanol–water partition coefficient (Wildman–Crippen LogP) is 7.67. The topological polar surface area (TPSA) is 26.3 Å². The van der Waals surface area contributed by atoms with Crippen LogP contribution in [0.25, 0.3) is 0 Å². The van der Waals surface area contributed by atoms with Gasteiger partial charge in [-0.05, 0) is 37.9 Å². The molecular formula is C22H46O2Si. The SMILES string of the molecule is CC[Si](CC)(CC)OCCCCCCCCCCCCCCC(C)=O. The maximum atomic E-state index is 10.8. The average molecular weight is 371 g/mol. The lowest BCUT2D eigenvalue weighted by Crippen LogP contribution is -2.36. The molecule has 0 saturated carbocycles. The van der Waals surface area contributed by atoms with Crippen LogP contribution in [0.1, 0.15) is 111 Å². The van der Waals surface area contributed by atoms with E-state index in [0.717, 1.165) is 19.4 Å². The Morgan fingerprint density at radius 3 is 1.36 bits per heavy atom. The molecule has 0 fully saturated rings. The highest BCUT2D eigenvalue weighted by Gasteiger charge is 2.27. The zero-order valence-electron chi connectivity index (χ0n) is 17.8. The third kappa shape index (κ3) is 14.7. The molecule has 2 nitrogen and oxygen atoms in total. The van der Waals surface area contributed by atoms with Crippen molar-refractivity contribution in [3.8, 4) is 0 Å². The zero-order valence-corrected chi connectivity index (χ0v) is 18.8. The van der Waals surface area contributed by atoms with Crippen LogP contribution >= 0.6 is 0 Å². The number of unbranched alkanes of at least 4 members (excludes halogenated alkanes) is 11. The van der Waals surface area contributed by atoms with Gasteiger partial charge in [0.05, 0.1) is 0 Å². The van der Waals surface area contributed by atoms with Crippen LogP contribution in [0.15, 0.2) is 0 Å². The molecule has 3 heteroatoms. The molecule has 0 aromatic carbocycles. The monoisotopic (exact) mass is 370 g/mol. The standard InChI is InChI=1S/C22H46O2Si/c1-5-25(6-2,7-3)24-21-19-17-15-13-11-9-8-10-12-14-16-18-20-22(4)23/h5-21H2,1-4H3. The first kappa shape index (κ1) is 24.8. The van der Waals surface area contributed by atoms with E-state index in [1.54, 1.807) is 6.92 Å². The number of carbonyl (C=O) groups excluding carboxylic acids is 1. The van der Waals surface area contributed by atoms with Gasteiger partial charge in [0.1, 0.15) is 5.78 Å². The molecule has 0 aliphatic rings.